The molecule has 29 heavy (non-hydrogen) atoms. The first-order valence-electron chi connectivity index (χ1n) is 8.56. The summed E-state index contributed by atoms with van der Waals surface area (Å²) in [4.78, 5) is 26.8. The highest BCUT2D eigenvalue weighted by molar-refractivity contribution is 9.10. The second-order valence-electron chi connectivity index (χ2n) is 5.93. The summed E-state index contributed by atoms with van der Waals surface area (Å²) in [5.74, 6) is -0.702. The molecule has 2 N–H and O–H groups in total. The lowest BCUT2D eigenvalue weighted by Gasteiger charge is -2.29. The Labute approximate surface area is 181 Å². The summed E-state index contributed by atoms with van der Waals surface area (Å²) in [5, 5.41) is 12.8. The molecular weight excluding hydrogens is 460 g/mol. The predicted octanol–water partition coefficient (Wildman–Crippen LogP) is 3.39. The monoisotopic (exact) mass is 476 g/mol. The molecule has 0 saturated carbocycles. The molecule has 7 nitrogen and oxygen atoms in total. The Morgan fingerprint density at radius 2 is 2.03 bits per heavy atom. The number of ether oxygens (including phenoxy) is 2. The van der Waals surface area contributed by atoms with Crippen molar-refractivity contribution in [3.63, 3.8) is 0 Å². The molecule has 2 aromatic rings. The summed E-state index contributed by atoms with van der Waals surface area (Å²) >= 11 is 8.52. The average molecular weight is 477 g/mol. The van der Waals surface area contributed by atoms with Crippen LogP contribution in [-0.2, 0) is 9.59 Å². The van der Waals surface area contributed by atoms with Gasteiger partial charge in [0, 0.05) is 16.1 Å². The van der Waals surface area contributed by atoms with Crippen LogP contribution in [0.2, 0.25) is 0 Å². The molecule has 1 heterocycles. The number of rotatable bonds is 5. The van der Waals surface area contributed by atoms with Crippen molar-refractivity contribution in [2.75, 3.05) is 18.6 Å². The average Bonchev–Trinajstić information content (AvgIpc) is 2.67. The summed E-state index contributed by atoms with van der Waals surface area (Å²) in [6, 6.07) is 9.95. The number of thiocarbonyl (C=S) groups is 1. The number of aromatic hydroxyl groups is 1. The van der Waals surface area contributed by atoms with Crippen molar-refractivity contribution in [1.29, 1.82) is 0 Å². The number of phenolic OH excluding ortho intramolecular Hbond substituents is 1. The van der Waals surface area contributed by atoms with Crippen LogP contribution < -0.4 is 19.7 Å². The number of hydrogen-bond donors (Lipinski definition) is 2. The van der Waals surface area contributed by atoms with E-state index in [2.05, 4.69) is 21.2 Å². The molecule has 0 bridgehead atoms. The van der Waals surface area contributed by atoms with Crippen LogP contribution in [-0.4, -0.2) is 35.8 Å². The zero-order chi connectivity index (χ0) is 21.1. The lowest BCUT2D eigenvalue weighted by molar-refractivity contribution is -0.122. The van der Waals surface area contributed by atoms with E-state index in [0.717, 1.165) is 0 Å². The van der Waals surface area contributed by atoms with Gasteiger partial charge in [-0.3, -0.25) is 19.8 Å². The molecule has 2 amide bonds. The van der Waals surface area contributed by atoms with E-state index >= 15 is 0 Å². The quantitative estimate of drug-likeness (QED) is 0.390. The molecule has 9 heteroatoms. The van der Waals surface area contributed by atoms with Gasteiger partial charge in [0.15, 0.2) is 16.6 Å². The Morgan fingerprint density at radius 1 is 1.28 bits per heavy atom. The van der Waals surface area contributed by atoms with Gasteiger partial charge < -0.3 is 14.6 Å². The summed E-state index contributed by atoms with van der Waals surface area (Å²) in [6.07, 6.45) is 1.29. The lowest BCUT2D eigenvalue weighted by atomic mass is 10.1. The number of carbonyl (C=O) groups is 2. The maximum absolute atomic E-state index is 13.1. The predicted molar refractivity (Wildman–Crippen MR) is 116 cm³/mol. The van der Waals surface area contributed by atoms with Crippen molar-refractivity contribution in [1.82, 2.24) is 5.32 Å². The van der Waals surface area contributed by atoms with Crippen molar-refractivity contribution >= 4 is 56.8 Å². The van der Waals surface area contributed by atoms with E-state index < -0.39 is 11.8 Å². The number of carbonyl (C=O) groups excluding carboxylic acids is 2. The molecule has 1 aliphatic heterocycles. The largest absolute Gasteiger partial charge is 0.504 e. The fourth-order valence-electron chi connectivity index (χ4n) is 2.79. The number of methoxy groups -OCH3 is 1. The van der Waals surface area contributed by atoms with Gasteiger partial charge in [0.1, 0.15) is 11.3 Å². The number of nitrogens with one attached hydrogen (secondary N) is 1. The van der Waals surface area contributed by atoms with Gasteiger partial charge in [-0.2, -0.15) is 0 Å². The molecule has 3 rings (SSSR count). The number of nitrogens with zero attached hydrogens (tertiary/aromatic N) is 1. The fraction of sp³-hybridized carbons (Fsp3) is 0.150. The number of anilines is 1. The van der Waals surface area contributed by atoms with Gasteiger partial charge in [-0.1, -0.05) is 22.0 Å². The molecule has 0 radical (unpaired) electrons. The lowest BCUT2D eigenvalue weighted by Crippen LogP contribution is -2.54. The van der Waals surface area contributed by atoms with Crippen LogP contribution in [0.4, 0.5) is 5.69 Å². The van der Waals surface area contributed by atoms with Crippen LogP contribution in [0.1, 0.15) is 12.5 Å². The second-order valence-corrected chi connectivity index (χ2v) is 7.24. The molecule has 0 aromatic heterocycles. The number of phenols is 1. The van der Waals surface area contributed by atoms with Crippen LogP contribution >= 0.6 is 28.1 Å². The van der Waals surface area contributed by atoms with Crippen LogP contribution in [0.15, 0.2) is 46.4 Å². The molecule has 150 valence electrons. The van der Waals surface area contributed by atoms with Crippen LogP contribution in [0, 0.1) is 0 Å². The van der Waals surface area contributed by atoms with E-state index in [1.165, 1.54) is 18.1 Å². The van der Waals surface area contributed by atoms with Crippen LogP contribution in [0.3, 0.4) is 0 Å². The SMILES string of the molecule is CCOc1cccc(N2C(=O)C(=Cc3cc(Br)cc(OC)c3O)C(=O)NC2=S)c1. The number of hydrogen-bond acceptors (Lipinski definition) is 6. The van der Waals surface area contributed by atoms with Gasteiger partial charge in [0.05, 0.1) is 19.4 Å². The normalized spacial score (nSPS) is 15.5. The third-order valence-electron chi connectivity index (χ3n) is 4.08. The standard InChI is InChI=1S/C20H17BrN2O5S/c1-3-28-14-6-4-5-13(10-14)23-19(26)15(18(25)22-20(23)29)8-11-7-12(21)9-16(27-2)17(11)24/h4-10,24H,3H2,1-2H3,(H,22,25,29). The first-order chi connectivity index (χ1) is 13.8. The molecule has 0 atom stereocenters. The van der Waals surface area contributed by atoms with Gasteiger partial charge >= 0.3 is 0 Å². The van der Waals surface area contributed by atoms with Crippen molar-refractivity contribution in [3.8, 4) is 17.2 Å². The molecule has 1 saturated heterocycles. The summed E-state index contributed by atoms with van der Waals surface area (Å²) < 4.78 is 11.2. The Kier molecular flexibility index (Phi) is 6.19. The highest BCUT2D eigenvalue weighted by Gasteiger charge is 2.35. The first-order valence-corrected chi connectivity index (χ1v) is 9.76. The highest BCUT2D eigenvalue weighted by Crippen LogP contribution is 2.35. The van der Waals surface area contributed by atoms with Gasteiger partial charge in [0.2, 0.25) is 0 Å². The summed E-state index contributed by atoms with van der Waals surface area (Å²) in [5.41, 5.74) is 0.509. The Bertz CT molecular complexity index is 1040. The minimum absolute atomic E-state index is 0.0400. The minimum atomic E-state index is -0.657. The van der Waals surface area contributed by atoms with Crippen molar-refractivity contribution in [2.45, 2.75) is 6.92 Å². The smallest absolute Gasteiger partial charge is 0.270 e. The van der Waals surface area contributed by atoms with Gasteiger partial charge in [-0.05, 0) is 49.5 Å². The van der Waals surface area contributed by atoms with Gasteiger partial charge in [-0.25, -0.2) is 0 Å². The van der Waals surface area contributed by atoms with Crippen molar-refractivity contribution in [2.24, 2.45) is 0 Å². The molecule has 1 aliphatic rings. The van der Waals surface area contributed by atoms with E-state index in [0.29, 0.717) is 22.5 Å². The molecule has 2 aromatic carbocycles. The Balaban J connectivity index is 2.05. The minimum Gasteiger partial charge on any atom is -0.504 e. The number of benzene rings is 2. The maximum atomic E-state index is 13.1. The van der Waals surface area contributed by atoms with Crippen molar-refractivity contribution in [3.05, 3.63) is 52.0 Å². The molecule has 0 aliphatic carbocycles. The third kappa shape index (κ3) is 4.25. The molecule has 0 spiro atoms. The molecule has 0 unspecified atom stereocenters. The van der Waals surface area contributed by atoms with Crippen LogP contribution in [0.25, 0.3) is 6.08 Å². The summed E-state index contributed by atoms with van der Waals surface area (Å²) in [6.45, 7) is 2.32. The van der Waals surface area contributed by atoms with E-state index in [1.807, 2.05) is 6.92 Å². The zero-order valence-electron chi connectivity index (χ0n) is 15.6. The molecule has 1 fully saturated rings. The highest BCUT2D eigenvalue weighted by atomic mass is 79.9. The second kappa shape index (κ2) is 8.62. The Morgan fingerprint density at radius 3 is 2.72 bits per heavy atom. The maximum Gasteiger partial charge on any atom is 0.270 e. The fourth-order valence-corrected chi connectivity index (χ4v) is 3.52. The number of halogens is 1. The van der Waals surface area contributed by atoms with Crippen molar-refractivity contribution < 1.29 is 24.2 Å². The van der Waals surface area contributed by atoms with E-state index in [-0.39, 0.29) is 27.7 Å². The van der Waals surface area contributed by atoms with Crippen LogP contribution in [0.5, 0.6) is 17.2 Å². The molecular formula is C20H17BrN2O5S. The summed E-state index contributed by atoms with van der Waals surface area (Å²) in [7, 11) is 1.41. The van der Waals surface area contributed by atoms with E-state index in [9.17, 15) is 14.7 Å². The first kappa shape index (κ1) is 20.8. The van der Waals surface area contributed by atoms with E-state index in [1.54, 1.807) is 36.4 Å². The Hall–Kier alpha value is -2.91. The third-order valence-corrected chi connectivity index (χ3v) is 4.82. The number of amides is 2. The van der Waals surface area contributed by atoms with Gasteiger partial charge in [-0.15, -0.1) is 0 Å². The van der Waals surface area contributed by atoms with E-state index in [4.69, 9.17) is 21.7 Å². The zero-order valence-corrected chi connectivity index (χ0v) is 18.0. The van der Waals surface area contributed by atoms with Gasteiger partial charge in [0.25, 0.3) is 11.8 Å². The topological polar surface area (TPSA) is 88.1 Å².